The van der Waals surface area contributed by atoms with Crippen molar-refractivity contribution in [1.29, 1.82) is 0 Å². The molecule has 0 amide bonds. The fourth-order valence-corrected chi connectivity index (χ4v) is 8.83. The fourth-order valence-electron chi connectivity index (χ4n) is 8.83. The molecule has 4 heteroatoms. The number of aromatic nitrogens is 4. The Hall–Kier alpha value is -6.52. The molecule has 0 fully saturated rings. The highest BCUT2D eigenvalue weighted by molar-refractivity contribution is 6.12. The van der Waals surface area contributed by atoms with Crippen LogP contribution in [0.4, 0.5) is 0 Å². The van der Waals surface area contributed by atoms with E-state index in [9.17, 15) is 0 Å². The van der Waals surface area contributed by atoms with E-state index in [0.717, 1.165) is 33.7 Å². The Bertz CT molecular complexity index is 3000. The highest BCUT2D eigenvalue weighted by atomic mass is 15.2. The largest absolute Gasteiger partial charge is 0.309 e. The number of nitrogens with zero attached hydrogens (tertiary/aromatic N) is 4. The van der Waals surface area contributed by atoms with Crippen LogP contribution in [0.1, 0.15) is 25.0 Å². The molecule has 0 atom stereocenters. The van der Waals surface area contributed by atoms with Crippen LogP contribution < -0.4 is 0 Å². The minimum absolute atomic E-state index is 0.323. The summed E-state index contributed by atoms with van der Waals surface area (Å²) in [6, 6.07) is 56.7. The minimum atomic E-state index is -0.323. The Morgan fingerprint density at radius 3 is 1.71 bits per heavy atom. The predicted molar refractivity (Wildman–Crippen MR) is 211 cm³/mol. The molecule has 7 aromatic carbocycles. The van der Waals surface area contributed by atoms with E-state index in [1.807, 2.05) is 0 Å². The Morgan fingerprint density at radius 2 is 1.00 bits per heavy atom. The second-order valence-corrected chi connectivity index (χ2v) is 14.2. The van der Waals surface area contributed by atoms with Gasteiger partial charge in [0.1, 0.15) is 0 Å². The Morgan fingerprint density at radius 1 is 0.451 bits per heavy atom. The van der Waals surface area contributed by atoms with Gasteiger partial charge >= 0.3 is 0 Å². The molecule has 11 rings (SSSR count). The van der Waals surface area contributed by atoms with E-state index in [0.29, 0.717) is 5.95 Å². The van der Waals surface area contributed by atoms with E-state index < -0.39 is 0 Å². The van der Waals surface area contributed by atoms with Gasteiger partial charge in [0.05, 0.1) is 33.5 Å². The van der Waals surface area contributed by atoms with Crippen molar-refractivity contribution in [2.45, 2.75) is 19.3 Å². The summed E-state index contributed by atoms with van der Waals surface area (Å²) in [7, 11) is 0. The van der Waals surface area contributed by atoms with Crippen LogP contribution in [-0.4, -0.2) is 19.1 Å². The van der Waals surface area contributed by atoms with Gasteiger partial charge in [0.2, 0.25) is 5.95 Å². The Balaban J connectivity index is 1.27. The van der Waals surface area contributed by atoms with Gasteiger partial charge in [0.25, 0.3) is 0 Å². The molecule has 0 spiro atoms. The van der Waals surface area contributed by atoms with Crippen molar-refractivity contribution in [2.75, 3.05) is 0 Å². The molecule has 1 aliphatic carbocycles. The normalized spacial score (nSPS) is 13.5. The number of rotatable bonds is 3. The summed E-state index contributed by atoms with van der Waals surface area (Å²) in [6.07, 6.45) is 0. The van der Waals surface area contributed by atoms with Crippen molar-refractivity contribution in [3.8, 4) is 34.2 Å². The van der Waals surface area contributed by atoms with Crippen LogP contribution in [-0.2, 0) is 5.41 Å². The highest BCUT2D eigenvalue weighted by Gasteiger charge is 2.41. The van der Waals surface area contributed by atoms with E-state index in [1.54, 1.807) is 0 Å². The molecular weight excluding hydrogens is 621 g/mol. The number of benzene rings is 7. The smallest absolute Gasteiger partial charge is 0.235 e. The lowest BCUT2D eigenvalue weighted by molar-refractivity contribution is 0.657. The van der Waals surface area contributed by atoms with E-state index in [1.165, 1.54) is 60.0 Å². The number of fused-ring (bicyclic) bond motifs is 11. The molecule has 3 aromatic heterocycles. The van der Waals surface area contributed by atoms with Crippen LogP contribution in [0.15, 0.2) is 158 Å². The zero-order valence-corrected chi connectivity index (χ0v) is 28.3. The number of hydrogen-bond acceptors (Lipinski definition) is 2. The molecule has 0 N–H and O–H groups in total. The molecular formula is C47H32N4. The van der Waals surface area contributed by atoms with Gasteiger partial charge in [-0.1, -0.05) is 129 Å². The molecule has 4 nitrogen and oxygen atoms in total. The van der Waals surface area contributed by atoms with Crippen LogP contribution in [0, 0.1) is 0 Å². The first kappa shape index (κ1) is 28.3. The molecule has 10 aromatic rings. The quantitative estimate of drug-likeness (QED) is 0.190. The molecule has 3 heterocycles. The van der Waals surface area contributed by atoms with Crippen molar-refractivity contribution >= 4 is 54.4 Å². The minimum Gasteiger partial charge on any atom is -0.309 e. The first-order valence-electron chi connectivity index (χ1n) is 17.6. The van der Waals surface area contributed by atoms with Crippen LogP contribution in [0.5, 0.6) is 0 Å². The standard InChI is InChI=1S/C47H32N4/c1-47(2)37-26-24-29-14-6-7-17-32(29)42(37)45-43(47)44(48-46(49-45)51-39-22-12-8-18-33(39)34-19-9-13-23-40(34)51)30-25-27-41-36(28-30)35-20-10-11-21-38(35)50(41)31-15-4-3-5-16-31/h3-28H,1-2H3. The van der Waals surface area contributed by atoms with Gasteiger partial charge in [0.15, 0.2) is 0 Å². The average molecular weight is 653 g/mol. The second kappa shape index (κ2) is 10.3. The summed E-state index contributed by atoms with van der Waals surface area (Å²) in [4.78, 5) is 11.2. The molecule has 0 saturated heterocycles. The van der Waals surface area contributed by atoms with Gasteiger partial charge in [-0.05, 0) is 58.8 Å². The van der Waals surface area contributed by atoms with Gasteiger partial charge in [-0.15, -0.1) is 0 Å². The maximum absolute atomic E-state index is 5.61. The van der Waals surface area contributed by atoms with Gasteiger partial charge in [-0.2, -0.15) is 0 Å². The van der Waals surface area contributed by atoms with Crippen molar-refractivity contribution in [2.24, 2.45) is 0 Å². The SMILES string of the molecule is CC1(C)c2ccc3ccccc3c2-c2nc(-n3c4ccccc4c4ccccc43)nc(-c3ccc4c(c3)c3ccccc3n4-c3ccccc3)c21. The van der Waals surface area contributed by atoms with Crippen molar-refractivity contribution < 1.29 is 0 Å². The van der Waals surface area contributed by atoms with E-state index in [-0.39, 0.29) is 5.41 Å². The fraction of sp³-hybridized carbons (Fsp3) is 0.0638. The first-order chi connectivity index (χ1) is 25.1. The lowest BCUT2D eigenvalue weighted by Gasteiger charge is -2.24. The van der Waals surface area contributed by atoms with Gasteiger partial charge in [-0.25, -0.2) is 9.97 Å². The number of hydrogen-bond donors (Lipinski definition) is 0. The van der Waals surface area contributed by atoms with E-state index in [2.05, 4.69) is 181 Å². The van der Waals surface area contributed by atoms with Crippen LogP contribution in [0.3, 0.4) is 0 Å². The highest BCUT2D eigenvalue weighted by Crippen LogP contribution is 2.54. The maximum atomic E-state index is 5.61. The van der Waals surface area contributed by atoms with Crippen molar-refractivity contribution in [1.82, 2.24) is 19.1 Å². The molecule has 0 bridgehead atoms. The molecule has 0 unspecified atom stereocenters. The summed E-state index contributed by atoms with van der Waals surface area (Å²) in [5.41, 5.74) is 12.1. The summed E-state index contributed by atoms with van der Waals surface area (Å²) in [5.74, 6) is 0.685. The van der Waals surface area contributed by atoms with Crippen LogP contribution in [0.25, 0.3) is 88.5 Å². The van der Waals surface area contributed by atoms with Gasteiger partial charge in [0, 0.05) is 49.3 Å². The second-order valence-electron chi connectivity index (χ2n) is 14.2. The summed E-state index contributed by atoms with van der Waals surface area (Å²) >= 11 is 0. The lowest BCUT2D eigenvalue weighted by Crippen LogP contribution is -2.18. The van der Waals surface area contributed by atoms with Crippen LogP contribution >= 0.6 is 0 Å². The molecule has 0 radical (unpaired) electrons. The van der Waals surface area contributed by atoms with E-state index in [4.69, 9.17) is 9.97 Å². The van der Waals surface area contributed by atoms with Gasteiger partial charge < -0.3 is 4.57 Å². The zero-order valence-electron chi connectivity index (χ0n) is 28.3. The zero-order chi connectivity index (χ0) is 33.8. The van der Waals surface area contributed by atoms with Crippen LogP contribution in [0.2, 0.25) is 0 Å². The summed E-state index contributed by atoms with van der Waals surface area (Å²) < 4.78 is 4.62. The molecule has 1 aliphatic rings. The molecule has 240 valence electrons. The number of para-hydroxylation sites is 4. The summed E-state index contributed by atoms with van der Waals surface area (Å²) in [6.45, 7) is 4.67. The molecule has 0 saturated carbocycles. The molecule has 0 aliphatic heterocycles. The van der Waals surface area contributed by atoms with Crippen molar-refractivity contribution in [3.05, 3.63) is 169 Å². The topological polar surface area (TPSA) is 35.6 Å². The summed E-state index contributed by atoms with van der Waals surface area (Å²) in [5, 5.41) is 7.26. The maximum Gasteiger partial charge on any atom is 0.235 e. The van der Waals surface area contributed by atoms with Gasteiger partial charge in [-0.3, -0.25) is 4.57 Å². The van der Waals surface area contributed by atoms with E-state index >= 15 is 0 Å². The average Bonchev–Trinajstić information content (AvgIpc) is 3.78. The third-order valence-corrected chi connectivity index (χ3v) is 11.1. The lowest BCUT2D eigenvalue weighted by atomic mass is 9.80. The monoisotopic (exact) mass is 652 g/mol. The third kappa shape index (κ3) is 3.85. The first-order valence-corrected chi connectivity index (χ1v) is 17.6. The Kier molecular flexibility index (Phi) is 5.70. The Labute approximate surface area is 294 Å². The third-order valence-electron chi connectivity index (χ3n) is 11.1. The van der Waals surface area contributed by atoms with Crippen molar-refractivity contribution in [3.63, 3.8) is 0 Å². The predicted octanol–water partition coefficient (Wildman–Crippen LogP) is 11.8. The molecule has 51 heavy (non-hydrogen) atoms.